The molecule has 0 aliphatic heterocycles. The van der Waals surface area contributed by atoms with Gasteiger partial charge >= 0.3 is 0 Å². The van der Waals surface area contributed by atoms with E-state index in [0.29, 0.717) is 0 Å². The minimum absolute atomic E-state index is 1.25. The van der Waals surface area contributed by atoms with Crippen molar-refractivity contribution in [2.75, 3.05) is 18.8 Å². The summed E-state index contributed by atoms with van der Waals surface area (Å²) in [4.78, 5) is 3.87. The summed E-state index contributed by atoms with van der Waals surface area (Å²) in [6, 6.07) is 7.55. The average molecular weight is 215 g/mol. The molecule has 1 aromatic rings. The largest absolute Gasteiger partial charge is 0.130 e. The topological polar surface area (TPSA) is 0 Å². The fourth-order valence-electron chi connectivity index (χ4n) is 0.873. The molecule has 1 rings (SSSR count). The molecule has 0 saturated carbocycles. The van der Waals surface area contributed by atoms with E-state index < -0.39 is 0 Å². The van der Waals surface area contributed by atoms with Crippen molar-refractivity contribution in [1.29, 1.82) is 0 Å². The van der Waals surface area contributed by atoms with Crippen LogP contribution in [0.3, 0.4) is 0 Å². The Morgan fingerprint density at radius 1 is 1.08 bits per heavy atom. The summed E-state index contributed by atoms with van der Waals surface area (Å²) in [6.07, 6.45) is 6.28. The van der Waals surface area contributed by atoms with Gasteiger partial charge in [0, 0.05) is 14.7 Å². The van der Waals surface area contributed by atoms with Crippen LogP contribution in [0.1, 0.15) is 0 Å². The molecule has 12 heavy (non-hydrogen) atoms. The van der Waals surface area contributed by atoms with Crippen LogP contribution >= 0.6 is 35.3 Å². The first-order valence-corrected chi connectivity index (χ1v) is 7.17. The molecular weight excluding hydrogens is 204 g/mol. The fraction of sp³-hybridized carbons (Fsp3) is 0.333. The van der Waals surface area contributed by atoms with Crippen molar-refractivity contribution in [2.24, 2.45) is 0 Å². The van der Waals surface area contributed by atoms with Gasteiger partial charge in [-0.15, -0.1) is 35.3 Å². The zero-order chi connectivity index (χ0) is 8.97. The van der Waals surface area contributed by atoms with Crippen molar-refractivity contribution < 1.29 is 0 Å². The van der Waals surface area contributed by atoms with E-state index in [9.17, 15) is 0 Å². The maximum Gasteiger partial charge on any atom is 0.0285 e. The van der Waals surface area contributed by atoms with E-state index in [2.05, 4.69) is 37.0 Å². The highest BCUT2D eigenvalue weighted by molar-refractivity contribution is 8.01. The van der Waals surface area contributed by atoms with E-state index >= 15 is 0 Å². The molecule has 0 spiro atoms. The third kappa shape index (κ3) is 2.38. The quantitative estimate of drug-likeness (QED) is 0.706. The van der Waals surface area contributed by atoms with Crippen molar-refractivity contribution >= 4 is 35.3 Å². The zero-order valence-electron chi connectivity index (χ0n) is 7.38. The second-order valence-electron chi connectivity index (χ2n) is 2.14. The van der Waals surface area contributed by atoms with Gasteiger partial charge in [0.1, 0.15) is 0 Å². The SMILES string of the molecule is CSc1c[c]c(SC)c(SC)c1. The van der Waals surface area contributed by atoms with Crippen LogP contribution in [0.15, 0.2) is 26.8 Å². The predicted octanol–water partition coefficient (Wildman–Crippen LogP) is 3.65. The Morgan fingerprint density at radius 3 is 2.33 bits per heavy atom. The van der Waals surface area contributed by atoms with Crippen LogP contribution in [-0.4, -0.2) is 18.8 Å². The van der Waals surface area contributed by atoms with Crippen molar-refractivity contribution in [2.45, 2.75) is 14.7 Å². The van der Waals surface area contributed by atoms with Gasteiger partial charge in [-0.3, -0.25) is 0 Å². The first-order valence-electron chi connectivity index (χ1n) is 3.49. The minimum Gasteiger partial charge on any atom is -0.130 e. The van der Waals surface area contributed by atoms with Gasteiger partial charge < -0.3 is 0 Å². The molecule has 0 atom stereocenters. The molecule has 0 saturated heterocycles. The lowest BCUT2D eigenvalue weighted by Gasteiger charge is -2.04. The average Bonchev–Trinajstić information content (AvgIpc) is 2.16. The number of thioether (sulfide) groups is 3. The van der Waals surface area contributed by atoms with Gasteiger partial charge in [0.15, 0.2) is 0 Å². The summed E-state index contributed by atoms with van der Waals surface area (Å²) in [5.41, 5.74) is 0. The van der Waals surface area contributed by atoms with Gasteiger partial charge in [0.2, 0.25) is 0 Å². The second-order valence-corrected chi connectivity index (χ2v) is 4.69. The second kappa shape index (κ2) is 5.10. The van der Waals surface area contributed by atoms with Crippen LogP contribution in [0.25, 0.3) is 0 Å². The summed E-state index contributed by atoms with van der Waals surface area (Å²) >= 11 is 5.30. The first kappa shape index (κ1) is 10.4. The summed E-state index contributed by atoms with van der Waals surface area (Å²) in [6.45, 7) is 0. The molecule has 0 fully saturated rings. The Balaban J connectivity index is 3.02. The number of hydrogen-bond acceptors (Lipinski definition) is 3. The monoisotopic (exact) mass is 215 g/mol. The van der Waals surface area contributed by atoms with E-state index in [-0.39, 0.29) is 0 Å². The predicted molar refractivity (Wildman–Crippen MR) is 60.6 cm³/mol. The number of rotatable bonds is 3. The molecule has 0 N–H and O–H groups in total. The van der Waals surface area contributed by atoms with E-state index in [4.69, 9.17) is 0 Å². The highest BCUT2D eigenvalue weighted by Gasteiger charge is 2.01. The smallest absolute Gasteiger partial charge is 0.0285 e. The molecule has 0 amide bonds. The van der Waals surface area contributed by atoms with Crippen LogP contribution in [0.4, 0.5) is 0 Å². The number of benzene rings is 1. The number of hydrogen-bond donors (Lipinski definition) is 0. The van der Waals surface area contributed by atoms with Crippen LogP contribution in [0.5, 0.6) is 0 Å². The third-order valence-corrected chi connectivity index (χ3v) is 3.85. The van der Waals surface area contributed by atoms with E-state index in [1.807, 2.05) is 0 Å². The molecular formula is C9H11S3. The molecule has 0 heterocycles. The lowest BCUT2D eigenvalue weighted by molar-refractivity contribution is 1.18. The van der Waals surface area contributed by atoms with Crippen LogP contribution < -0.4 is 0 Å². The van der Waals surface area contributed by atoms with Crippen LogP contribution in [0, 0.1) is 6.07 Å². The molecule has 65 valence electrons. The van der Waals surface area contributed by atoms with Crippen molar-refractivity contribution in [3.05, 3.63) is 18.2 Å². The molecule has 0 bridgehead atoms. The van der Waals surface area contributed by atoms with Crippen LogP contribution in [0.2, 0.25) is 0 Å². The maximum atomic E-state index is 3.28. The molecule has 0 aliphatic rings. The fourth-order valence-corrected chi connectivity index (χ4v) is 2.79. The van der Waals surface area contributed by atoms with Crippen LogP contribution in [-0.2, 0) is 0 Å². The Kier molecular flexibility index (Phi) is 4.40. The van der Waals surface area contributed by atoms with Gasteiger partial charge in [0.25, 0.3) is 0 Å². The summed E-state index contributed by atoms with van der Waals surface area (Å²) in [7, 11) is 0. The van der Waals surface area contributed by atoms with Gasteiger partial charge in [-0.2, -0.15) is 0 Å². The standard InChI is InChI=1S/C9H11S3/c1-10-7-4-5-8(11-2)9(6-7)12-3/h4,6H,1-3H3. The summed E-state index contributed by atoms with van der Waals surface area (Å²) < 4.78 is 0. The lowest BCUT2D eigenvalue weighted by atomic mass is 10.4. The van der Waals surface area contributed by atoms with Crippen molar-refractivity contribution in [3.8, 4) is 0 Å². The van der Waals surface area contributed by atoms with Gasteiger partial charge in [-0.1, -0.05) is 0 Å². The molecule has 1 aromatic carbocycles. The summed E-state index contributed by atoms with van der Waals surface area (Å²) in [5, 5.41) is 0. The molecule has 0 unspecified atom stereocenters. The van der Waals surface area contributed by atoms with E-state index in [1.165, 1.54) is 14.7 Å². The Labute approximate surface area is 86.9 Å². The van der Waals surface area contributed by atoms with Gasteiger partial charge in [-0.25, -0.2) is 0 Å². The molecule has 0 aliphatic carbocycles. The third-order valence-electron chi connectivity index (χ3n) is 1.50. The first-order chi connectivity index (χ1) is 5.81. The lowest BCUT2D eigenvalue weighted by Crippen LogP contribution is -1.78. The Hall–Kier alpha value is 0.270. The highest BCUT2D eigenvalue weighted by Crippen LogP contribution is 2.30. The minimum atomic E-state index is 1.25. The van der Waals surface area contributed by atoms with Gasteiger partial charge in [0.05, 0.1) is 0 Å². The highest BCUT2D eigenvalue weighted by atomic mass is 32.2. The summed E-state index contributed by atoms with van der Waals surface area (Å²) in [5.74, 6) is 0. The Morgan fingerprint density at radius 2 is 1.83 bits per heavy atom. The molecule has 3 heteroatoms. The zero-order valence-corrected chi connectivity index (χ0v) is 9.83. The van der Waals surface area contributed by atoms with Gasteiger partial charge in [-0.05, 0) is 37.0 Å². The van der Waals surface area contributed by atoms with Crippen molar-refractivity contribution in [3.63, 3.8) is 0 Å². The van der Waals surface area contributed by atoms with Crippen molar-refractivity contribution in [1.82, 2.24) is 0 Å². The normalized spacial score (nSPS) is 10.2. The molecule has 0 aromatic heterocycles. The molecule has 1 radical (unpaired) electrons. The van der Waals surface area contributed by atoms with E-state index in [1.54, 1.807) is 35.3 Å². The molecule has 0 nitrogen and oxygen atoms in total. The Bertz CT molecular complexity index is 258. The van der Waals surface area contributed by atoms with E-state index in [0.717, 1.165) is 0 Å². The maximum absolute atomic E-state index is 3.28.